The minimum atomic E-state index is -0.507. The fourth-order valence-electron chi connectivity index (χ4n) is 4.56. The third kappa shape index (κ3) is 4.23. The van der Waals surface area contributed by atoms with Gasteiger partial charge in [-0.15, -0.1) is 11.3 Å². The molecule has 0 unspecified atom stereocenters. The van der Waals surface area contributed by atoms with E-state index in [1.54, 1.807) is 35.6 Å². The van der Waals surface area contributed by atoms with Crippen LogP contribution in [0.1, 0.15) is 5.56 Å². The molecular weight excluding hydrogens is 464 g/mol. The summed E-state index contributed by atoms with van der Waals surface area (Å²) in [6, 6.07) is 16.8. The van der Waals surface area contributed by atoms with Crippen LogP contribution in [0.4, 0.5) is 5.69 Å². The van der Waals surface area contributed by atoms with Crippen molar-refractivity contribution >= 4 is 33.1 Å². The SMILES string of the molecule is COc1ccccc1N1CCN(C(=O)Cn2c(=O)n(-c3cccc(C)c3)c(=O)c3sccc32)CC1. The van der Waals surface area contributed by atoms with Crippen LogP contribution in [-0.4, -0.2) is 53.2 Å². The number of benzene rings is 2. The van der Waals surface area contributed by atoms with Crippen LogP contribution in [0.2, 0.25) is 0 Å². The first-order valence-electron chi connectivity index (χ1n) is 11.4. The smallest absolute Gasteiger partial charge is 0.336 e. The lowest BCUT2D eigenvalue weighted by Gasteiger charge is -2.36. The van der Waals surface area contributed by atoms with Gasteiger partial charge in [0.1, 0.15) is 17.0 Å². The summed E-state index contributed by atoms with van der Waals surface area (Å²) < 4.78 is 8.52. The van der Waals surface area contributed by atoms with E-state index < -0.39 is 5.69 Å². The first-order valence-corrected chi connectivity index (χ1v) is 12.3. The molecule has 9 heteroatoms. The van der Waals surface area contributed by atoms with Gasteiger partial charge in [-0.1, -0.05) is 24.3 Å². The average molecular weight is 491 g/mol. The van der Waals surface area contributed by atoms with E-state index in [2.05, 4.69) is 4.90 Å². The second kappa shape index (κ2) is 9.42. The molecule has 8 nitrogen and oxygen atoms in total. The molecule has 0 radical (unpaired) electrons. The number of hydrogen-bond acceptors (Lipinski definition) is 6. The zero-order chi connectivity index (χ0) is 24.5. The molecule has 2 aromatic heterocycles. The first-order chi connectivity index (χ1) is 17.0. The molecule has 0 saturated carbocycles. The van der Waals surface area contributed by atoms with Crippen LogP contribution < -0.4 is 20.9 Å². The second-order valence-corrected chi connectivity index (χ2v) is 9.44. The van der Waals surface area contributed by atoms with E-state index in [-0.39, 0.29) is 18.0 Å². The number of rotatable bonds is 5. The zero-order valence-electron chi connectivity index (χ0n) is 19.6. The van der Waals surface area contributed by atoms with Crippen molar-refractivity contribution in [2.75, 3.05) is 38.2 Å². The highest BCUT2D eigenvalue weighted by Crippen LogP contribution is 2.28. The fraction of sp³-hybridized carbons (Fsp3) is 0.269. The summed E-state index contributed by atoms with van der Waals surface area (Å²) in [4.78, 5) is 43.9. The minimum absolute atomic E-state index is 0.118. The van der Waals surface area contributed by atoms with Crippen LogP contribution in [0.5, 0.6) is 5.75 Å². The van der Waals surface area contributed by atoms with Crippen molar-refractivity contribution in [3.05, 3.63) is 86.4 Å². The van der Waals surface area contributed by atoms with E-state index in [0.29, 0.717) is 42.1 Å². The summed E-state index contributed by atoms with van der Waals surface area (Å²) in [5.74, 6) is 0.658. The van der Waals surface area contributed by atoms with Crippen LogP contribution >= 0.6 is 11.3 Å². The van der Waals surface area contributed by atoms with Crippen LogP contribution in [0.15, 0.2) is 69.6 Å². The third-order valence-corrected chi connectivity index (χ3v) is 7.26. The van der Waals surface area contributed by atoms with Gasteiger partial charge in [-0.2, -0.15) is 0 Å². The Morgan fingerprint density at radius 2 is 1.77 bits per heavy atom. The summed E-state index contributed by atoms with van der Waals surface area (Å²) in [7, 11) is 1.65. The van der Waals surface area contributed by atoms with Crippen LogP contribution in [0, 0.1) is 6.92 Å². The van der Waals surface area contributed by atoms with Crippen molar-refractivity contribution in [1.82, 2.24) is 14.0 Å². The summed E-state index contributed by atoms with van der Waals surface area (Å²) in [5, 5.41) is 1.78. The maximum Gasteiger partial charge on any atom is 0.336 e. The maximum atomic E-state index is 13.5. The molecule has 3 heterocycles. The molecule has 1 aliphatic rings. The van der Waals surface area contributed by atoms with E-state index in [9.17, 15) is 14.4 Å². The van der Waals surface area contributed by atoms with Gasteiger partial charge >= 0.3 is 5.69 Å². The highest BCUT2D eigenvalue weighted by molar-refractivity contribution is 7.17. The van der Waals surface area contributed by atoms with E-state index in [1.165, 1.54) is 20.5 Å². The summed E-state index contributed by atoms with van der Waals surface area (Å²) in [6.07, 6.45) is 0. The Bertz CT molecular complexity index is 1510. The van der Waals surface area contributed by atoms with Gasteiger partial charge in [0.05, 0.1) is 24.0 Å². The molecule has 0 aliphatic carbocycles. The molecule has 0 atom stereocenters. The fourth-order valence-corrected chi connectivity index (χ4v) is 5.38. The van der Waals surface area contributed by atoms with Gasteiger partial charge < -0.3 is 14.5 Å². The predicted octanol–water partition coefficient (Wildman–Crippen LogP) is 2.88. The summed E-state index contributed by atoms with van der Waals surface area (Å²) >= 11 is 1.28. The number of methoxy groups -OCH3 is 1. The number of anilines is 1. The molecule has 1 saturated heterocycles. The Morgan fingerprint density at radius 3 is 2.51 bits per heavy atom. The number of aryl methyl sites for hydroxylation is 1. The molecule has 35 heavy (non-hydrogen) atoms. The molecule has 4 aromatic rings. The number of hydrogen-bond donors (Lipinski definition) is 0. The quantitative estimate of drug-likeness (QED) is 0.430. The minimum Gasteiger partial charge on any atom is -0.495 e. The lowest BCUT2D eigenvalue weighted by molar-refractivity contribution is -0.132. The van der Waals surface area contributed by atoms with Gasteiger partial charge in [-0.3, -0.25) is 14.2 Å². The highest BCUT2D eigenvalue weighted by atomic mass is 32.1. The van der Waals surface area contributed by atoms with E-state index >= 15 is 0 Å². The molecule has 5 rings (SSSR count). The summed E-state index contributed by atoms with van der Waals surface area (Å²) in [5.41, 5.74) is 2.07. The number of piperazine rings is 1. The van der Waals surface area contributed by atoms with Crippen molar-refractivity contribution in [2.24, 2.45) is 0 Å². The number of aromatic nitrogens is 2. The molecule has 180 valence electrons. The molecule has 1 amide bonds. The summed E-state index contributed by atoms with van der Waals surface area (Å²) in [6.45, 7) is 4.19. The Kier molecular flexibility index (Phi) is 6.17. The molecule has 1 fully saturated rings. The number of carbonyl (C=O) groups is 1. The number of para-hydroxylation sites is 2. The zero-order valence-corrected chi connectivity index (χ0v) is 20.5. The number of ether oxygens (including phenoxy) is 1. The number of carbonyl (C=O) groups excluding carboxylic acids is 1. The largest absolute Gasteiger partial charge is 0.495 e. The van der Waals surface area contributed by atoms with Crippen LogP contribution in [0.25, 0.3) is 15.9 Å². The molecule has 0 bridgehead atoms. The third-order valence-electron chi connectivity index (χ3n) is 6.37. The number of amides is 1. The van der Waals surface area contributed by atoms with Gasteiger partial charge in [0.2, 0.25) is 5.91 Å². The monoisotopic (exact) mass is 490 g/mol. The Hall–Kier alpha value is -3.85. The van der Waals surface area contributed by atoms with E-state index in [1.807, 2.05) is 43.3 Å². The van der Waals surface area contributed by atoms with Crippen LogP contribution in [0.3, 0.4) is 0 Å². The number of thiophene rings is 1. The van der Waals surface area contributed by atoms with Gasteiger partial charge in [-0.25, -0.2) is 9.36 Å². The molecule has 2 aromatic carbocycles. The van der Waals surface area contributed by atoms with Gasteiger partial charge in [0.25, 0.3) is 5.56 Å². The van der Waals surface area contributed by atoms with Crippen molar-refractivity contribution in [3.63, 3.8) is 0 Å². The van der Waals surface area contributed by atoms with Gasteiger partial charge in [-0.05, 0) is 48.2 Å². The van der Waals surface area contributed by atoms with Crippen molar-refractivity contribution in [1.29, 1.82) is 0 Å². The number of fused-ring (bicyclic) bond motifs is 1. The maximum absolute atomic E-state index is 13.5. The van der Waals surface area contributed by atoms with Gasteiger partial charge in [0.15, 0.2) is 0 Å². The highest BCUT2D eigenvalue weighted by Gasteiger charge is 2.25. The molecular formula is C26H26N4O4S. The second-order valence-electron chi connectivity index (χ2n) is 8.52. The van der Waals surface area contributed by atoms with Crippen molar-refractivity contribution in [3.8, 4) is 11.4 Å². The topological polar surface area (TPSA) is 76.8 Å². The Morgan fingerprint density at radius 1 is 1.00 bits per heavy atom. The lowest BCUT2D eigenvalue weighted by atomic mass is 10.2. The standard InChI is InChI=1S/C26H26N4O4S/c1-18-6-5-7-19(16-18)30-25(32)24-21(10-15-35-24)29(26(30)33)17-23(31)28-13-11-27(12-14-28)20-8-3-4-9-22(20)34-2/h3-10,15-16H,11-14,17H2,1-2H3. The molecule has 1 aliphatic heterocycles. The van der Waals surface area contributed by atoms with Crippen molar-refractivity contribution in [2.45, 2.75) is 13.5 Å². The van der Waals surface area contributed by atoms with Crippen LogP contribution in [-0.2, 0) is 11.3 Å². The van der Waals surface area contributed by atoms with Crippen molar-refractivity contribution < 1.29 is 9.53 Å². The van der Waals surface area contributed by atoms with E-state index in [0.717, 1.165) is 17.0 Å². The molecule has 0 spiro atoms. The predicted molar refractivity (Wildman–Crippen MR) is 138 cm³/mol. The number of nitrogens with zero attached hydrogens (tertiary/aromatic N) is 4. The van der Waals surface area contributed by atoms with E-state index in [4.69, 9.17) is 4.74 Å². The molecule has 0 N–H and O–H groups in total. The first kappa shape index (κ1) is 22.9. The Labute approximate surface area is 206 Å². The Balaban J connectivity index is 1.41. The van der Waals surface area contributed by atoms with Gasteiger partial charge in [0, 0.05) is 26.2 Å². The normalized spacial score (nSPS) is 13.9. The average Bonchev–Trinajstić information content (AvgIpc) is 3.37. The lowest BCUT2D eigenvalue weighted by Crippen LogP contribution is -2.50.